The average Bonchev–Trinajstić information content (AvgIpc) is 3.79. The van der Waals surface area contributed by atoms with Crippen molar-refractivity contribution >= 4 is 43.6 Å². The van der Waals surface area contributed by atoms with Crippen molar-refractivity contribution < 1.29 is 0 Å². The van der Waals surface area contributed by atoms with Gasteiger partial charge in [-0.3, -0.25) is 0 Å². The molecule has 2 heteroatoms. The van der Waals surface area contributed by atoms with E-state index in [0.717, 1.165) is 5.69 Å². The highest BCUT2D eigenvalue weighted by atomic mass is 15.0. The summed E-state index contributed by atoms with van der Waals surface area (Å²) < 4.78 is 4.86. The molecule has 11 aromatic rings. The molecule has 2 heterocycles. The summed E-state index contributed by atoms with van der Waals surface area (Å²) in [5.74, 6) is 0. The van der Waals surface area contributed by atoms with Gasteiger partial charge in [0.1, 0.15) is 0 Å². The number of rotatable bonds is 6. The van der Waals surface area contributed by atoms with Crippen molar-refractivity contribution in [1.29, 1.82) is 0 Å². The lowest BCUT2D eigenvalue weighted by Gasteiger charge is -2.14. The zero-order chi connectivity index (χ0) is 37.0. The van der Waals surface area contributed by atoms with E-state index in [1.54, 1.807) is 0 Å². The lowest BCUT2D eigenvalue weighted by Crippen LogP contribution is -1.97. The second kappa shape index (κ2) is 13.2. The summed E-state index contributed by atoms with van der Waals surface area (Å²) in [4.78, 5) is 0. The van der Waals surface area contributed by atoms with E-state index in [2.05, 4.69) is 228 Å². The van der Waals surface area contributed by atoms with Crippen LogP contribution in [0.25, 0.3) is 99.5 Å². The van der Waals surface area contributed by atoms with Crippen molar-refractivity contribution in [2.75, 3.05) is 0 Å². The summed E-state index contributed by atoms with van der Waals surface area (Å²) in [6.07, 6.45) is 0. The zero-order valence-electron chi connectivity index (χ0n) is 30.7. The molecule has 0 amide bonds. The minimum Gasteiger partial charge on any atom is -0.309 e. The van der Waals surface area contributed by atoms with Crippen molar-refractivity contribution in [3.05, 3.63) is 218 Å². The van der Waals surface area contributed by atoms with Crippen LogP contribution < -0.4 is 0 Å². The smallest absolute Gasteiger partial charge is 0.0541 e. The third kappa shape index (κ3) is 5.26. The van der Waals surface area contributed by atoms with Crippen LogP contribution in [0.1, 0.15) is 0 Å². The Morgan fingerprint density at radius 2 is 0.661 bits per heavy atom. The molecule has 0 saturated carbocycles. The molecule has 0 aliphatic rings. The quantitative estimate of drug-likeness (QED) is 0.162. The maximum absolute atomic E-state index is 2.45. The first kappa shape index (κ1) is 32.0. The Morgan fingerprint density at radius 1 is 0.232 bits per heavy atom. The Balaban J connectivity index is 1.11. The van der Waals surface area contributed by atoms with Gasteiger partial charge >= 0.3 is 0 Å². The fraction of sp³-hybridized carbons (Fsp3) is 0. The first-order valence-corrected chi connectivity index (χ1v) is 19.3. The van der Waals surface area contributed by atoms with E-state index in [4.69, 9.17) is 0 Å². The SMILES string of the molecule is c1ccc(-c2cccc(-n3c4ccccc4c4cc(-c5ccc6c(c5)c5cc(-c7ccccc7)ccc5n6-c5ccccc5-c5ccccc5)ccc43)c2)cc1. The normalized spacial score (nSPS) is 11.6. The van der Waals surface area contributed by atoms with Crippen molar-refractivity contribution in [3.8, 4) is 55.9 Å². The van der Waals surface area contributed by atoms with Crippen molar-refractivity contribution in [1.82, 2.24) is 9.13 Å². The van der Waals surface area contributed by atoms with Gasteiger partial charge in [-0.15, -0.1) is 0 Å². The van der Waals surface area contributed by atoms with Crippen LogP contribution >= 0.6 is 0 Å². The zero-order valence-corrected chi connectivity index (χ0v) is 30.7. The standard InChI is InChI=1S/C54H36N2/c1-4-15-37(16-5-1)40-21-14-22-44(33-40)55-51-26-13-11-24-46(51)47-35-42(28-30-52(47)55)43-29-32-54-49(36-43)48-34-41(38-17-6-2-7-18-38)27-31-53(48)56(54)50-25-12-10-23-45(50)39-19-8-3-9-20-39/h1-36H. The number of fused-ring (bicyclic) bond motifs is 6. The van der Waals surface area contributed by atoms with Crippen LogP contribution in [0.2, 0.25) is 0 Å². The number of nitrogens with zero attached hydrogens (tertiary/aromatic N) is 2. The van der Waals surface area contributed by atoms with Crippen LogP contribution in [-0.2, 0) is 0 Å². The molecule has 0 spiro atoms. The molecule has 0 atom stereocenters. The summed E-state index contributed by atoms with van der Waals surface area (Å²) >= 11 is 0. The number of para-hydroxylation sites is 2. The Hall–Kier alpha value is -7.42. The lowest BCUT2D eigenvalue weighted by atomic mass is 9.99. The maximum atomic E-state index is 2.45. The summed E-state index contributed by atoms with van der Waals surface area (Å²) in [6.45, 7) is 0. The molecular weight excluding hydrogens is 677 g/mol. The van der Waals surface area contributed by atoms with Crippen LogP contribution in [0.4, 0.5) is 0 Å². The average molecular weight is 713 g/mol. The molecule has 0 N–H and O–H groups in total. The predicted molar refractivity (Wildman–Crippen MR) is 237 cm³/mol. The van der Waals surface area contributed by atoms with Gasteiger partial charge in [-0.05, 0) is 99.6 Å². The fourth-order valence-electron chi connectivity index (χ4n) is 8.69. The molecule has 56 heavy (non-hydrogen) atoms. The Morgan fingerprint density at radius 3 is 1.29 bits per heavy atom. The highest BCUT2D eigenvalue weighted by molar-refractivity contribution is 6.13. The molecule has 0 aliphatic heterocycles. The van der Waals surface area contributed by atoms with Crippen LogP contribution in [0, 0.1) is 0 Å². The minimum absolute atomic E-state index is 1.16. The van der Waals surface area contributed by atoms with Gasteiger partial charge in [-0.2, -0.15) is 0 Å². The highest BCUT2D eigenvalue weighted by Gasteiger charge is 2.19. The third-order valence-electron chi connectivity index (χ3n) is 11.3. The molecular formula is C54H36N2. The molecule has 9 aromatic carbocycles. The Kier molecular flexibility index (Phi) is 7.53. The van der Waals surface area contributed by atoms with Crippen LogP contribution in [-0.4, -0.2) is 9.13 Å². The van der Waals surface area contributed by atoms with E-state index in [0.29, 0.717) is 0 Å². The van der Waals surface area contributed by atoms with E-state index in [1.165, 1.54) is 93.8 Å². The minimum atomic E-state index is 1.16. The van der Waals surface area contributed by atoms with Crippen molar-refractivity contribution in [2.45, 2.75) is 0 Å². The van der Waals surface area contributed by atoms with Gasteiger partial charge in [-0.25, -0.2) is 0 Å². The fourth-order valence-corrected chi connectivity index (χ4v) is 8.69. The number of hydrogen-bond donors (Lipinski definition) is 0. The van der Waals surface area contributed by atoms with Gasteiger partial charge in [-0.1, -0.05) is 158 Å². The predicted octanol–water partition coefficient (Wildman–Crippen LogP) is 14.5. The van der Waals surface area contributed by atoms with Gasteiger partial charge in [0, 0.05) is 32.8 Å². The summed E-state index contributed by atoms with van der Waals surface area (Å²) in [5.41, 5.74) is 16.8. The third-order valence-corrected chi connectivity index (χ3v) is 11.3. The summed E-state index contributed by atoms with van der Waals surface area (Å²) in [6, 6.07) is 79.4. The van der Waals surface area contributed by atoms with Gasteiger partial charge in [0.15, 0.2) is 0 Å². The molecule has 0 bridgehead atoms. The first-order chi connectivity index (χ1) is 27.8. The maximum Gasteiger partial charge on any atom is 0.0541 e. The van der Waals surface area contributed by atoms with E-state index < -0.39 is 0 Å². The molecule has 262 valence electrons. The molecule has 0 fully saturated rings. The Labute approximate surface area is 325 Å². The van der Waals surface area contributed by atoms with Gasteiger partial charge in [0.2, 0.25) is 0 Å². The summed E-state index contributed by atoms with van der Waals surface area (Å²) in [7, 11) is 0. The second-order valence-corrected chi connectivity index (χ2v) is 14.5. The van der Waals surface area contributed by atoms with Crippen molar-refractivity contribution in [3.63, 3.8) is 0 Å². The largest absolute Gasteiger partial charge is 0.309 e. The number of hydrogen-bond acceptors (Lipinski definition) is 0. The molecule has 0 aliphatic carbocycles. The highest BCUT2D eigenvalue weighted by Crippen LogP contribution is 2.41. The lowest BCUT2D eigenvalue weighted by molar-refractivity contribution is 1.18. The molecule has 11 rings (SSSR count). The van der Waals surface area contributed by atoms with E-state index in [1.807, 2.05) is 0 Å². The Bertz CT molecular complexity index is 3220. The van der Waals surface area contributed by atoms with E-state index in [-0.39, 0.29) is 0 Å². The van der Waals surface area contributed by atoms with Crippen molar-refractivity contribution in [2.24, 2.45) is 0 Å². The second-order valence-electron chi connectivity index (χ2n) is 14.5. The number of aromatic nitrogens is 2. The van der Waals surface area contributed by atoms with Crippen LogP contribution in [0.3, 0.4) is 0 Å². The molecule has 0 unspecified atom stereocenters. The van der Waals surface area contributed by atoms with Crippen LogP contribution in [0.15, 0.2) is 218 Å². The molecule has 2 nitrogen and oxygen atoms in total. The molecule has 0 radical (unpaired) electrons. The molecule has 0 saturated heterocycles. The van der Waals surface area contributed by atoms with Crippen LogP contribution in [0.5, 0.6) is 0 Å². The van der Waals surface area contributed by atoms with Gasteiger partial charge in [0.25, 0.3) is 0 Å². The summed E-state index contributed by atoms with van der Waals surface area (Å²) in [5, 5.41) is 4.96. The topological polar surface area (TPSA) is 9.86 Å². The van der Waals surface area contributed by atoms with Gasteiger partial charge in [0.05, 0.1) is 27.8 Å². The van der Waals surface area contributed by atoms with Gasteiger partial charge < -0.3 is 9.13 Å². The van der Waals surface area contributed by atoms with E-state index in [9.17, 15) is 0 Å². The number of benzene rings is 9. The van der Waals surface area contributed by atoms with E-state index >= 15 is 0 Å². The monoisotopic (exact) mass is 712 g/mol. The first-order valence-electron chi connectivity index (χ1n) is 19.3. The molecule has 2 aromatic heterocycles.